The Morgan fingerprint density at radius 2 is 1.41 bits per heavy atom. The van der Waals surface area contributed by atoms with Gasteiger partial charge in [0.2, 0.25) is 10.0 Å². The van der Waals surface area contributed by atoms with Gasteiger partial charge in [0, 0.05) is 26.2 Å². The first-order valence-corrected chi connectivity index (χ1v) is 15.4. The van der Waals surface area contributed by atoms with Crippen LogP contribution in [0.15, 0.2) is 62.7 Å². The molecule has 0 spiro atoms. The zero-order chi connectivity index (χ0) is 26.8. The van der Waals surface area contributed by atoms with Crippen molar-refractivity contribution in [3.63, 3.8) is 0 Å². The lowest BCUT2D eigenvalue weighted by Crippen LogP contribution is -2.51. The molecule has 2 saturated heterocycles. The molecule has 11 heteroatoms. The van der Waals surface area contributed by atoms with E-state index in [0.717, 1.165) is 11.1 Å². The Morgan fingerprint density at radius 3 is 1.95 bits per heavy atom. The summed E-state index contributed by atoms with van der Waals surface area (Å²) in [5, 5.41) is 0. The molecule has 2 fully saturated rings. The van der Waals surface area contributed by atoms with Gasteiger partial charge in [0.05, 0.1) is 35.7 Å². The third-order valence-corrected chi connectivity index (χ3v) is 9.95. The number of amidine groups is 1. The highest BCUT2D eigenvalue weighted by molar-refractivity contribution is 7.90. The summed E-state index contributed by atoms with van der Waals surface area (Å²) in [6.07, 6.45) is -0.570. The highest BCUT2D eigenvalue weighted by Gasteiger charge is 2.43. The minimum Gasteiger partial charge on any atom is -0.379 e. The molecule has 202 valence electrons. The molecule has 0 aliphatic carbocycles. The topological polar surface area (TPSA) is 99.6 Å². The summed E-state index contributed by atoms with van der Waals surface area (Å²) in [4.78, 5) is 4.30. The van der Waals surface area contributed by atoms with Crippen molar-refractivity contribution in [3.05, 3.63) is 59.7 Å². The molecule has 0 radical (unpaired) electrons. The van der Waals surface area contributed by atoms with Gasteiger partial charge >= 0.3 is 0 Å². The fraction of sp³-hybridized carbons (Fsp3) is 0.500. The highest BCUT2D eigenvalue weighted by atomic mass is 32.2. The van der Waals surface area contributed by atoms with Crippen molar-refractivity contribution in [2.45, 2.75) is 43.7 Å². The lowest BCUT2D eigenvalue weighted by atomic mass is 10.1. The van der Waals surface area contributed by atoms with E-state index in [1.807, 2.05) is 32.6 Å². The molecule has 0 bridgehead atoms. The van der Waals surface area contributed by atoms with Crippen LogP contribution in [0.1, 0.15) is 25.0 Å². The van der Waals surface area contributed by atoms with Gasteiger partial charge in [0.1, 0.15) is 5.84 Å². The van der Waals surface area contributed by atoms with E-state index in [1.54, 1.807) is 48.5 Å². The maximum atomic E-state index is 13.7. The van der Waals surface area contributed by atoms with Gasteiger partial charge in [0.25, 0.3) is 10.0 Å². The van der Waals surface area contributed by atoms with Crippen LogP contribution in [0.2, 0.25) is 0 Å². The van der Waals surface area contributed by atoms with Gasteiger partial charge in [-0.25, -0.2) is 8.42 Å². The quantitative estimate of drug-likeness (QED) is 0.388. The molecule has 2 heterocycles. The molecule has 2 aromatic rings. The molecule has 1 atom stereocenters. The molecule has 0 amide bonds. The smallest absolute Gasteiger partial charge is 0.283 e. The number of morpholine rings is 1. The van der Waals surface area contributed by atoms with E-state index in [4.69, 9.17) is 4.74 Å². The molecule has 0 unspecified atom stereocenters. The third kappa shape index (κ3) is 6.23. The fourth-order valence-corrected chi connectivity index (χ4v) is 7.48. The number of benzene rings is 2. The van der Waals surface area contributed by atoms with E-state index in [9.17, 15) is 16.8 Å². The number of hydrogen-bond acceptors (Lipinski definition) is 6. The molecular weight excluding hydrogens is 512 g/mol. The summed E-state index contributed by atoms with van der Waals surface area (Å²) in [7, 11) is -7.80. The van der Waals surface area contributed by atoms with Gasteiger partial charge in [-0.1, -0.05) is 49.2 Å². The molecule has 0 saturated carbocycles. The van der Waals surface area contributed by atoms with Gasteiger partial charge in [-0.05, 0) is 44.0 Å². The number of rotatable bonds is 7. The Labute approximate surface area is 220 Å². The van der Waals surface area contributed by atoms with Crippen LogP contribution in [-0.4, -0.2) is 88.9 Å². The molecule has 4 rings (SSSR count). The molecule has 0 N–H and O–H groups in total. The second-order valence-electron chi connectivity index (χ2n) is 9.96. The summed E-state index contributed by atoms with van der Waals surface area (Å²) in [6, 6.07) is 13.4. The van der Waals surface area contributed by atoms with E-state index in [2.05, 4.69) is 9.30 Å². The number of nitrogens with zero attached hydrogens (tertiary/aromatic N) is 4. The van der Waals surface area contributed by atoms with Crippen LogP contribution in [0.4, 0.5) is 0 Å². The van der Waals surface area contributed by atoms with Crippen LogP contribution in [0.3, 0.4) is 0 Å². The molecule has 2 aliphatic heterocycles. The SMILES string of the molecule is Cc1ccc(S(=O)(=O)N=C(CN2CCOCC2)N2CCN(S(=O)(=O)c3ccc(C)cc3)[C@H]2C(C)C)cc1. The molecular formula is C26H36N4O5S2. The van der Waals surface area contributed by atoms with E-state index in [0.29, 0.717) is 38.7 Å². The van der Waals surface area contributed by atoms with Gasteiger partial charge < -0.3 is 9.64 Å². The van der Waals surface area contributed by atoms with Crippen molar-refractivity contribution in [1.82, 2.24) is 14.1 Å². The van der Waals surface area contributed by atoms with E-state index >= 15 is 0 Å². The molecule has 2 aromatic carbocycles. The first-order chi connectivity index (χ1) is 17.5. The van der Waals surface area contributed by atoms with Crippen molar-refractivity contribution in [2.75, 3.05) is 45.9 Å². The second-order valence-corrected chi connectivity index (χ2v) is 13.5. The summed E-state index contributed by atoms with van der Waals surface area (Å²) < 4.78 is 65.4. The fourth-order valence-electron chi connectivity index (χ4n) is 4.74. The number of sulfonamides is 2. The van der Waals surface area contributed by atoms with E-state index < -0.39 is 26.2 Å². The van der Waals surface area contributed by atoms with Crippen LogP contribution in [0.5, 0.6) is 0 Å². The number of hydrogen-bond donors (Lipinski definition) is 0. The highest BCUT2D eigenvalue weighted by Crippen LogP contribution is 2.30. The standard InChI is InChI=1S/C26H36N4O5S2/c1-20(2)26-29(13-14-30(26)37(33,34)24-11-7-22(4)8-12-24)25(19-28-15-17-35-18-16-28)27-36(31,32)23-9-5-21(3)6-10-23/h5-12,20,26H,13-19H2,1-4H3/t26-/m0/s1. The largest absolute Gasteiger partial charge is 0.379 e. The van der Waals surface area contributed by atoms with Gasteiger partial charge in [-0.2, -0.15) is 12.7 Å². The summed E-state index contributed by atoms with van der Waals surface area (Å²) in [5.74, 6) is 0.238. The Balaban J connectivity index is 1.73. The summed E-state index contributed by atoms with van der Waals surface area (Å²) in [6.45, 7) is 11.0. The average Bonchev–Trinajstić information content (AvgIpc) is 3.31. The number of ether oxygens (including phenoxy) is 1. The maximum absolute atomic E-state index is 13.7. The maximum Gasteiger partial charge on any atom is 0.283 e. The van der Waals surface area contributed by atoms with Crippen LogP contribution in [-0.2, 0) is 24.8 Å². The average molecular weight is 549 g/mol. The van der Waals surface area contributed by atoms with Gasteiger partial charge in [-0.3, -0.25) is 4.90 Å². The zero-order valence-electron chi connectivity index (χ0n) is 21.9. The van der Waals surface area contributed by atoms with Crippen molar-refractivity contribution in [1.29, 1.82) is 0 Å². The minimum atomic E-state index is -4.00. The van der Waals surface area contributed by atoms with E-state index in [-0.39, 0.29) is 28.8 Å². The monoisotopic (exact) mass is 548 g/mol. The van der Waals surface area contributed by atoms with Gasteiger partial charge in [0.15, 0.2) is 0 Å². The third-order valence-electron chi connectivity index (χ3n) is 6.74. The molecule has 0 aromatic heterocycles. The Hall–Kier alpha value is -2.31. The first kappa shape index (κ1) is 27.7. The lowest BCUT2D eigenvalue weighted by Gasteiger charge is -2.36. The Bertz CT molecular complexity index is 1320. The van der Waals surface area contributed by atoms with Crippen LogP contribution in [0.25, 0.3) is 0 Å². The minimum absolute atomic E-state index is 0.111. The summed E-state index contributed by atoms with van der Waals surface area (Å²) in [5.41, 5.74) is 1.93. The van der Waals surface area contributed by atoms with Gasteiger partial charge in [-0.15, -0.1) is 4.40 Å². The zero-order valence-corrected chi connectivity index (χ0v) is 23.5. The predicted molar refractivity (Wildman–Crippen MR) is 143 cm³/mol. The lowest BCUT2D eigenvalue weighted by molar-refractivity contribution is 0.0436. The van der Waals surface area contributed by atoms with Crippen LogP contribution < -0.4 is 0 Å². The number of aryl methyl sites for hydroxylation is 2. The molecule has 2 aliphatic rings. The van der Waals surface area contributed by atoms with Crippen molar-refractivity contribution in [2.24, 2.45) is 10.3 Å². The second kappa shape index (κ2) is 11.2. The summed E-state index contributed by atoms with van der Waals surface area (Å²) >= 11 is 0. The molecule has 9 nitrogen and oxygen atoms in total. The normalized spacial score (nSPS) is 20.6. The van der Waals surface area contributed by atoms with Crippen LogP contribution >= 0.6 is 0 Å². The van der Waals surface area contributed by atoms with E-state index in [1.165, 1.54) is 4.31 Å². The van der Waals surface area contributed by atoms with Crippen molar-refractivity contribution in [3.8, 4) is 0 Å². The van der Waals surface area contributed by atoms with Crippen molar-refractivity contribution >= 4 is 25.9 Å². The van der Waals surface area contributed by atoms with Crippen molar-refractivity contribution < 1.29 is 21.6 Å². The first-order valence-electron chi connectivity index (χ1n) is 12.5. The Morgan fingerprint density at radius 1 is 0.865 bits per heavy atom. The van der Waals surface area contributed by atoms with Crippen LogP contribution in [0, 0.1) is 19.8 Å². The Kier molecular flexibility index (Phi) is 8.39. The predicted octanol–water partition coefficient (Wildman–Crippen LogP) is 2.71. The molecule has 37 heavy (non-hydrogen) atoms.